The summed E-state index contributed by atoms with van der Waals surface area (Å²) in [6.07, 6.45) is 1.56. The van der Waals surface area contributed by atoms with E-state index < -0.39 is 0 Å². The minimum Gasteiger partial charge on any atom is -0.360 e. The highest BCUT2D eigenvalue weighted by Gasteiger charge is 2.04. The monoisotopic (exact) mass is 296 g/mol. The molecule has 0 aliphatic heterocycles. The Balaban J connectivity index is 1.71. The summed E-state index contributed by atoms with van der Waals surface area (Å²) >= 11 is 4.90. The van der Waals surface area contributed by atoms with Gasteiger partial charge in [-0.2, -0.15) is 5.26 Å². The topological polar surface area (TPSA) is 61.6 Å². The molecule has 0 spiro atoms. The van der Waals surface area contributed by atoms with Crippen LogP contribution in [-0.4, -0.2) is 22.5 Å². The highest BCUT2D eigenvalue weighted by Crippen LogP contribution is 2.25. The second-order valence-electron chi connectivity index (χ2n) is 3.39. The smallest absolute Gasteiger partial charge is 0.206 e. The average molecular weight is 296 g/mol. The van der Waals surface area contributed by atoms with Crippen molar-refractivity contribution in [2.24, 2.45) is 0 Å². The number of rotatable bonds is 7. The fraction of sp³-hybridized carbons (Fsp3) is 0.364. The van der Waals surface area contributed by atoms with Crippen molar-refractivity contribution >= 4 is 39.6 Å². The van der Waals surface area contributed by atoms with E-state index >= 15 is 0 Å². The molecule has 0 aliphatic carbocycles. The predicted molar refractivity (Wildman–Crippen MR) is 77.4 cm³/mol. The lowest BCUT2D eigenvalue weighted by Crippen LogP contribution is -2.03. The first-order chi connectivity index (χ1) is 8.88. The molecule has 1 N–H and O–H groups in total. The van der Waals surface area contributed by atoms with Gasteiger partial charge in [0, 0.05) is 23.6 Å². The number of nitrogens with one attached hydrogen (secondary N) is 1. The van der Waals surface area contributed by atoms with Crippen molar-refractivity contribution in [3.63, 3.8) is 0 Å². The van der Waals surface area contributed by atoms with Crippen LogP contribution in [0.3, 0.4) is 0 Å². The van der Waals surface area contributed by atoms with Crippen LogP contribution in [-0.2, 0) is 6.42 Å². The summed E-state index contributed by atoms with van der Waals surface area (Å²) in [5.74, 6) is 0.778. The van der Waals surface area contributed by atoms with Crippen LogP contribution in [0.15, 0.2) is 21.9 Å². The van der Waals surface area contributed by atoms with E-state index in [-0.39, 0.29) is 0 Å². The SMILES string of the molecule is N#CCCSc1nnc(NCCc2cccs2)s1. The van der Waals surface area contributed by atoms with Crippen molar-refractivity contribution in [1.29, 1.82) is 5.26 Å². The molecule has 4 nitrogen and oxygen atoms in total. The summed E-state index contributed by atoms with van der Waals surface area (Å²) in [6, 6.07) is 6.31. The standard InChI is InChI=1S/C11H12N4S3/c12-5-2-8-17-11-15-14-10(18-11)13-6-4-9-3-1-7-16-9/h1,3,7H,2,4,6,8H2,(H,13,14). The molecule has 18 heavy (non-hydrogen) atoms. The number of thiophene rings is 1. The lowest BCUT2D eigenvalue weighted by atomic mass is 10.3. The van der Waals surface area contributed by atoms with E-state index in [2.05, 4.69) is 39.1 Å². The van der Waals surface area contributed by atoms with Gasteiger partial charge in [0.05, 0.1) is 6.07 Å². The Morgan fingerprint density at radius 2 is 2.39 bits per heavy atom. The third kappa shape index (κ3) is 4.29. The maximum absolute atomic E-state index is 8.45. The van der Waals surface area contributed by atoms with Crippen molar-refractivity contribution in [2.45, 2.75) is 17.2 Å². The lowest BCUT2D eigenvalue weighted by Gasteiger charge is -1.98. The molecule has 0 amide bonds. The Bertz CT molecular complexity index is 501. The third-order valence-corrected chi connectivity index (χ3v) is 5.03. The number of nitrogens with zero attached hydrogens (tertiary/aromatic N) is 3. The quantitative estimate of drug-likeness (QED) is 0.627. The van der Waals surface area contributed by atoms with Crippen molar-refractivity contribution < 1.29 is 0 Å². The lowest BCUT2D eigenvalue weighted by molar-refractivity contribution is 0.980. The Morgan fingerprint density at radius 1 is 1.44 bits per heavy atom. The summed E-state index contributed by atoms with van der Waals surface area (Å²) in [6.45, 7) is 0.873. The zero-order chi connectivity index (χ0) is 12.6. The van der Waals surface area contributed by atoms with Gasteiger partial charge >= 0.3 is 0 Å². The van der Waals surface area contributed by atoms with Gasteiger partial charge in [0.2, 0.25) is 5.13 Å². The number of thioether (sulfide) groups is 1. The molecule has 0 unspecified atom stereocenters. The third-order valence-electron chi connectivity index (χ3n) is 2.07. The average Bonchev–Trinajstić information content (AvgIpc) is 3.01. The molecular weight excluding hydrogens is 284 g/mol. The van der Waals surface area contributed by atoms with E-state index in [0.29, 0.717) is 6.42 Å². The molecule has 0 saturated heterocycles. The first-order valence-electron chi connectivity index (χ1n) is 5.48. The van der Waals surface area contributed by atoms with Crippen LogP contribution in [0.2, 0.25) is 0 Å². The second-order valence-corrected chi connectivity index (χ2v) is 6.74. The normalized spacial score (nSPS) is 10.2. The first-order valence-corrected chi connectivity index (χ1v) is 8.16. The van der Waals surface area contributed by atoms with Crippen LogP contribution < -0.4 is 5.32 Å². The maximum Gasteiger partial charge on any atom is 0.206 e. The predicted octanol–water partition coefficient (Wildman–Crippen LogP) is 3.26. The minimum absolute atomic E-state index is 0.547. The molecule has 2 aromatic rings. The summed E-state index contributed by atoms with van der Waals surface area (Å²) < 4.78 is 0.920. The molecule has 2 rings (SSSR count). The number of hydrogen-bond donors (Lipinski definition) is 1. The van der Waals surface area contributed by atoms with Gasteiger partial charge in [0.25, 0.3) is 0 Å². The molecule has 0 saturated carbocycles. The molecule has 0 radical (unpaired) electrons. The number of anilines is 1. The Morgan fingerprint density at radius 3 is 3.17 bits per heavy atom. The van der Waals surface area contributed by atoms with Gasteiger partial charge in [-0.3, -0.25) is 0 Å². The second kappa shape index (κ2) is 7.36. The maximum atomic E-state index is 8.45. The molecule has 0 bridgehead atoms. The van der Waals surface area contributed by atoms with Gasteiger partial charge in [0.1, 0.15) is 0 Å². The largest absolute Gasteiger partial charge is 0.360 e. The van der Waals surface area contributed by atoms with Crippen molar-refractivity contribution in [3.05, 3.63) is 22.4 Å². The Kier molecular flexibility index (Phi) is 5.45. The van der Waals surface area contributed by atoms with E-state index in [1.807, 2.05) is 0 Å². The summed E-state index contributed by atoms with van der Waals surface area (Å²) in [4.78, 5) is 1.37. The minimum atomic E-state index is 0.547. The van der Waals surface area contributed by atoms with Crippen LogP contribution in [0.1, 0.15) is 11.3 Å². The van der Waals surface area contributed by atoms with E-state index in [1.54, 1.807) is 34.4 Å². The molecule has 0 aromatic carbocycles. The van der Waals surface area contributed by atoms with E-state index in [0.717, 1.165) is 28.2 Å². The summed E-state index contributed by atoms with van der Waals surface area (Å²) in [5.41, 5.74) is 0. The van der Waals surface area contributed by atoms with Crippen LogP contribution in [0.4, 0.5) is 5.13 Å². The van der Waals surface area contributed by atoms with Crippen LogP contribution in [0.25, 0.3) is 0 Å². The van der Waals surface area contributed by atoms with Gasteiger partial charge < -0.3 is 5.32 Å². The fourth-order valence-corrected chi connectivity index (χ4v) is 3.67. The fourth-order valence-electron chi connectivity index (χ4n) is 1.27. The van der Waals surface area contributed by atoms with Crippen molar-refractivity contribution in [1.82, 2.24) is 10.2 Å². The van der Waals surface area contributed by atoms with Crippen LogP contribution >= 0.6 is 34.4 Å². The van der Waals surface area contributed by atoms with Gasteiger partial charge in [-0.25, -0.2) is 0 Å². The molecule has 0 atom stereocenters. The van der Waals surface area contributed by atoms with Crippen LogP contribution in [0, 0.1) is 11.3 Å². The van der Waals surface area contributed by atoms with Crippen molar-refractivity contribution in [2.75, 3.05) is 17.6 Å². The highest BCUT2D eigenvalue weighted by molar-refractivity contribution is 8.01. The molecule has 2 aromatic heterocycles. The summed E-state index contributed by atoms with van der Waals surface area (Å²) in [5, 5.41) is 22.8. The first kappa shape index (κ1) is 13.3. The van der Waals surface area contributed by atoms with E-state index in [1.165, 1.54) is 4.88 Å². The zero-order valence-electron chi connectivity index (χ0n) is 9.63. The van der Waals surface area contributed by atoms with Gasteiger partial charge in [-0.15, -0.1) is 21.5 Å². The molecule has 0 aliphatic rings. The number of hydrogen-bond acceptors (Lipinski definition) is 7. The molecule has 94 valence electrons. The van der Waals surface area contributed by atoms with E-state index in [4.69, 9.17) is 5.26 Å². The van der Waals surface area contributed by atoms with E-state index in [9.17, 15) is 0 Å². The summed E-state index contributed by atoms with van der Waals surface area (Å²) in [7, 11) is 0. The number of aromatic nitrogens is 2. The zero-order valence-corrected chi connectivity index (χ0v) is 12.1. The Labute approximate surface area is 118 Å². The molecule has 7 heteroatoms. The Hall–Kier alpha value is -1.10. The molecule has 2 heterocycles. The van der Waals surface area contributed by atoms with Crippen molar-refractivity contribution in [3.8, 4) is 6.07 Å². The van der Waals surface area contributed by atoms with Gasteiger partial charge in [-0.05, 0) is 17.9 Å². The van der Waals surface area contributed by atoms with Crippen LogP contribution in [0.5, 0.6) is 0 Å². The van der Waals surface area contributed by atoms with Gasteiger partial charge in [-0.1, -0.05) is 29.2 Å². The number of nitriles is 1. The molecular formula is C11H12N4S3. The molecule has 0 fully saturated rings. The van der Waals surface area contributed by atoms with Gasteiger partial charge in [0.15, 0.2) is 4.34 Å². The highest BCUT2D eigenvalue weighted by atomic mass is 32.2.